The summed E-state index contributed by atoms with van der Waals surface area (Å²) in [7, 11) is 0. The summed E-state index contributed by atoms with van der Waals surface area (Å²) in [6.45, 7) is 5.16. The fraction of sp³-hybridized carbons (Fsp3) is 0.562. The number of thioether (sulfide) groups is 1. The summed E-state index contributed by atoms with van der Waals surface area (Å²) in [6.07, 6.45) is 1.40. The minimum absolute atomic E-state index is 0.136. The van der Waals surface area contributed by atoms with Crippen molar-refractivity contribution in [1.82, 2.24) is 10.6 Å². The molecule has 1 fully saturated rings. The largest absolute Gasteiger partial charge is 0.351 e. The van der Waals surface area contributed by atoms with Gasteiger partial charge < -0.3 is 10.6 Å². The lowest BCUT2D eigenvalue weighted by molar-refractivity contribution is -0.123. The van der Waals surface area contributed by atoms with Gasteiger partial charge in [-0.05, 0) is 38.0 Å². The predicted octanol–water partition coefficient (Wildman–Crippen LogP) is 2.98. The maximum atomic E-state index is 12.2. The minimum Gasteiger partial charge on any atom is -0.351 e. The van der Waals surface area contributed by atoms with Gasteiger partial charge in [-0.25, -0.2) is 0 Å². The van der Waals surface area contributed by atoms with E-state index in [0.29, 0.717) is 12.5 Å². The molecule has 1 amide bonds. The van der Waals surface area contributed by atoms with Crippen LogP contribution in [0.3, 0.4) is 0 Å². The summed E-state index contributed by atoms with van der Waals surface area (Å²) in [6, 6.07) is 8.58. The molecule has 0 radical (unpaired) electrons. The van der Waals surface area contributed by atoms with Gasteiger partial charge in [-0.2, -0.15) is 11.8 Å². The third kappa shape index (κ3) is 6.01. The molecule has 3 nitrogen and oxygen atoms in total. The van der Waals surface area contributed by atoms with Crippen molar-refractivity contribution in [2.45, 2.75) is 38.3 Å². The van der Waals surface area contributed by atoms with E-state index in [1.807, 2.05) is 23.9 Å². The Kier molecular flexibility index (Phi) is 6.14. The van der Waals surface area contributed by atoms with E-state index in [2.05, 4.69) is 52.5 Å². The number of nitrogens with one attached hydrogen (secondary N) is 2. The number of carbonyl (C=O) groups excluding carboxylic acids is 1. The van der Waals surface area contributed by atoms with Crippen LogP contribution in [0.4, 0.5) is 0 Å². The third-order valence-electron chi connectivity index (χ3n) is 3.47. The summed E-state index contributed by atoms with van der Waals surface area (Å²) >= 11 is 5.36. The molecule has 1 heterocycles. The van der Waals surface area contributed by atoms with Gasteiger partial charge in [0.2, 0.25) is 5.91 Å². The molecule has 5 heteroatoms. The fourth-order valence-corrected chi connectivity index (χ4v) is 3.77. The van der Waals surface area contributed by atoms with Gasteiger partial charge in [-0.15, -0.1) is 0 Å². The number of hydrogen-bond acceptors (Lipinski definition) is 3. The lowest BCUT2D eigenvalue weighted by atomic mass is 9.94. The number of hydrogen-bond donors (Lipinski definition) is 2. The molecule has 0 spiro atoms. The third-order valence-corrected chi connectivity index (χ3v) is 5.13. The predicted molar refractivity (Wildman–Crippen MR) is 93.8 cm³/mol. The van der Waals surface area contributed by atoms with Crippen molar-refractivity contribution in [3.8, 4) is 0 Å². The van der Waals surface area contributed by atoms with Crippen LogP contribution in [-0.4, -0.2) is 35.5 Å². The number of carbonyl (C=O) groups is 1. The monoisotopic (exact) mass is 370 g/mol. The van der Waals surface area contributed by atoms with E-state index >= 15 is 0 Å². The maximum absolute atomic E-state index is 12.2. The molecular weight excluding hydrogens is 348 g/mol. The minimum atomic E-state index is -0.229. The molecule has 1 aromatic rings. The first-order chi connectivity index (χ1) is 9.94. The topological polar surface area (TPSA) is 41.1 Å². The number of amides is 1. The van der Waals surface area contributed by atoms with Crippen LogP contribution in [0.15, 0.2) is 28.7 Å². The first kappa shape index (κ1) is 16.8. The van der Waals surface area contributed by atoms with Crippen molar-refractivity contribution in [1.29, 1.82) is 0 Å². The highest BCUT2D eigenvalue weighted by molar-refractivity contribution is 9.10. The molecule has 1 saturated heterocycles. The molecule has 0 aromatic heterocycles. The smallest absolute Gasteiger partial charge is 0.222 e. The number of halogens is 1. The van der Waals surface area contributed by atoms with E-state index in [-0.39, 0.29) is 11.4 Å². The van der Waals surface area contributed by atoms with E-state index in [1.54, 1.807) is 0 Å². The molecule has 2 rings (SSSR count). The average molecular weight is 371 g/mol. The van der Waals surface area contributed by atoms with Crippen molar-refractivity contribution in [2.24, 2.45) is 0 Å². The zero-order chi connectivity index (χ0) is 15.3. The molecule has 1 aliphatic rings. The van der Waals surface area contributed by atoms with Gasteiger partial charge in [0.05, 0.1) is 0 Å². The Morgan fingerprint density at radius 1 is 1.43 bits per heavy atom. The van der Waals surface area contributed by atoms with Crippen LogP contribution in [0.5, 0.6) is 0 Å². The lowest BCUT2D eigenvalue weighted by Crippen LogP contribution is -2.48. The lowest BCUT2D eigenvalue weighted by Gasteiger charge is -2.29. The summed E-state index contributed by atoms with van der Waals surface area (Å²) in [4.78, 5) is 12.2. The molecule has 1 unspecified atom stereocenters. The van der Waals surface area contributed by atoms with Crippen LogP contribution in [0.25, 0.3) is 0 Å². The number of rotatable bonds is 5. The zero-order valence-corrected chi connectivity index (χ0v) is 15.0. The second-order valence-corrected chi connectivity index (χ2v) is 8.23. The summed E-state index contributed by atoms with van der Waals surface area (Å²) in [5.74, 6) is 2.31. The van der Waals surface area contributed by atoms with Crippen LogP contribution in [0, 0.1) is 0 Å². The summed E-state index contributed by atoms with van der Waals surface area (Å²) in [5.41, 5.74) is 1.00. The molecule has 116 valence electrons. The van der Waals surface area contributed by atoms with E-state index in [0.717, 1.165) is 28.9 Å². The first-order valence-electron chi connectivity index (χ1n) is 7.31. The summed E-state index contributed by atoms with van der Waals surface area (Å²) in [5, 5.41) is 6.57. The van der Waals surface area contributed by atoms with Gasteiger partial charge in [-0.1, -0.05) is 28.1 Å². The zero-order valence-electron chi connectivity index (χ0n) is 12.6. The Morgan fingerprint density at radius 3 is 2.76 bits per heavy atom. The molecule has 0 aliphatic carbocycles. The molecule has 2 N–H and O–H groups in total. The quantitative estimate of drug-likeness (QED) is 0.836. The molecular formula is C16H23BrN2OS. The van der Waals surface area contributed by atoms with Crippen LogP contribution < -0.4 is 10.6 Å². The Balaban J connectivity index is 1.84. The maximum Gasteiger partial charge on any atom is 0.222 e. The van der Waals surface area contributed by atoms with Crippen LogP contribution in [-0.2, 0) is 11.2 Å². The molecule has 1 aliphatic heterocycles. The second kappa shape index (κ2) is 7.65. The Hall–Kier alpha value is -0.520. The highest BCUT2D eigenvalue weighted by Crippen LogP contribution is 2.17. The van der Waals surface area contributed by atoms with E-state index in [1.165, 1.54) is 5.56 Å². The van der Waals surface area contributed by atoms with Gasteiger partial charge in [-0.3, -0.25) is 4.79 Å². The Labute approximate surface area is 139 Å². The van der Waals surface area contributed by atoms with Crippen LogP contribution in [0.1, 0.15) is 25.8 Å². The molecule has 0 saturated carbocycles. The SMILES string of the molecule is CC(C)(Cc1ccc(Br)cc1)NC(=O)CC1CSCCN1. The molecule has 1 aromatic carbocycles. The van der Waals surface area contributed by atoms with Crippen molar-refractivity contribution in [3.63, 3.8) is 0 Å². The van der Waals surface area contributed by atoms with Gasteiger partial charge in [0.1, 0.15) is 0 Å². The first-order valence-corrected chi connectivity index (χ1v) is 9.26. The average Bonchev–Trinajstić information content (AvgIpc) is 2.41. The normalized spacial score (nSPS) is 19.3. The van der Waals surface area contributed by atoms with Gasteiger partial charge in [0, 0.05) is 40.5 Å². The molecule has 1 atom stereocenters. The van der Waals surface area contributed by atoms with Crippen molar-refractivity contribution in [2.75, 3.05) is 18.1 Å². The van der Waals surface area contributed by atoms with Crippen LogP contribution >= 0.6 is 27.7 Å². The van der Waals surface area contributed by atoms with Gasteiger partial charge >= 0.3 is 0 Å². The van der Waals surface area contributed by atoms with E-state index < -0.39 is 0 Å². The molecule has 0 bridgehead atoms. The second-order valence-electron chi connectivity index (χ2n) is 6.17. The number of benzene rings is 1. The highest BCUT2D eigenvalue weighted by atomic mass is 79.9. The van der Waals surface area contributed by atoms with Gasteiger partial charge in [0.25, 0.3) is 0 Å². The molecule has 21 heavy (non-hydrogen) atoms. The summed E-state index contributed by atoms with van der Waals surface area (Å²) < 4.78 is 1.08. The highest BCUT2D eigenvalue weighted by Gasteiger charge is 2.23. The van der Waals surface area contributed by atoms with Crippen molar-refractivity contribution >= 4 is 33.6 Å². The van der Waals surface area contributed by atoms with Gasteiger partial charge in [0.15, 0.2) is 0 Å². The van der Waals surface area contributed by atoms with Crippen molar-refractivity contribution < 1.29 is 4.79 Å². The fourth-order valence-electron chi connectivity index (χ4n) is 2.56. The van der Waals surface area contributed by atoms with E-state index in [9.17, 15) is 4.79 Å². The van der Waals surface area contributed by atoms with Crippen LogP contribution in [0.2, 0.25) is 0 Å². The Bertz CT molecular complexity index is 470. The van der Waals surface area contributed by atoms with E-state index in [4.69, 9.17) is 0 Å². The Morgan fingerprint density at radius 2 is 2.14 bits per heavy atom. The van der Waals surface area contributed by atoms with Crippen molar-refractivity contribution in [3.05, 3.63) is 34.3 Å². The standard InChI is InChI=1S/C16H23BrN2OS/c1-16(2,10-12-3-5-13(17)6-4-12)19-15(20)9-14-11-21-8-7-18-14/h3-6,14,18H,7-11H2,1-2H3,(H,19,20).